The number of para-hydroxylation sites is 1. The van der Waals surface area contributed by atoms with Crippen molar-refractivity contribution in [2.24, 2.45) is 5.73 Å². The zero-order valence-electron chi connectivity index (χ0n) is 16.2. The fourth-order valence-electron chi connectivity index (χ4n) is 3.08. The van der Waals surface area contributed by atoms with E-state index in [0.717, 1.165) is 5.75 Å². The van der Waals surface area contributed by atoms with Gasteiger partial charge in [-0.05, 0) is 48.5 Å². The van der Waals surface area contributed by atoms with Gasteiger partial charge in [-0.1, -0.05) is 30.3 Å². The van der Waals surface area contributed by atoms with Crippen molar-refractivity contribution in [1.29, 1.82) is 5.41 Å². The third-order valence-electron chi connectivity index (χ3n) is 4.58. The van der Waals surface area contributed by atoms with Crippen molar-refractivity contribution in [3.63, 3.8) is 0 Å². The van der Waals surface area contributed by atoms with Crippen LogP contribution in [-0.2, 0) is 4.74 Å². The number of nitrogens with two attached hydrogens (primary N) is 1. The molecule has 0 spiro atoms. The Hall–Kier alpha value is -4.00. The van der Waals surface area contributed by atoms with E-state index in [1.807, 2.05) is 54.6 Å². The predicted molar refractivity (Wildman–Crippen MR) is 114 cm³/mol. The fourth-order valence-corrected chi connectivity index (χ4v) is 3.08. The summed E-state index contributed by atoms with van der Waals surface area (Å²) in [5.41, 5.74) is 6.72. The summed E-state index contributed by atoms with van der Waals surface area (Å²) in [6.07, 6.45) is -0.852. The second-order valence-electron chi connectivity index (χ2n) is 6.78. The molecule has 3 aromatic carbocycles. The molecule has 0 aliphatic carbocycles. The summed E-state index contributed by atoms with van der Waals surface area (Å²) in [6.45, 7) is 0.586. The van der Waals surface area contributed by atoms with E-state index in [2.05, 4.69) is 0 Å². The third kappa shape index (κ3) is 4.52. The van der Waals surface area contributed by atoms with E-state index in [9.17, 15) is 4.79 Å². The van der Waals surface area contributed by atoms with E-state index in [-0.39, 0.29) is 12.4 Å². The second-order valence-corrected chi connectivity index (χ2v) is 6.78. The number of nitrogens with one attached hydrogen (secondary N) is 1. The molecule has 0 bridgehead atoms. The molecule has 0 saturated carbocycles. The maximum atomic E-state index is 12.2. The van der Waals surface area contributed by atoms with Crippen LogP contribution in [0.3, 0.4) is 0 Å². The van der Waals surface area contributed by atoms with Crippen molar-refractivity contribution in [2.45, 2.75) is 6.10 Å². The van der Waals surface area contributed by atoms with Crippen LogP contribution in [0.1, 0.15) is 5.56 Å². The Kier molecular flexibility index (Phi) is 5.52. The SMILES string of the molecule is N=C(N)c1cccc(N2CC(COc3ccc(Oc4ccccc4)cc3)OC2=O)c1. The highest BCUT2D eigenvalue weighted by Crippen LogP contribution is 2.25. The van der Waals surface area contributed by atoms with E-state index < -0.39 is 12.2 Å². The lowest BCUT2D eigenvalue weighted by Crippen LogP contribution is -2.27. The molecule has 1 heterocycles. The molecule has 7 heteroatoms. The number of nitrogens with zero attached hydrogens (tertiary/aromatic N) is 1. The number of anilines is 1. The number of ether oxygens (including phenoxy) is 3. The molecular weight excluding hydrogens is 382 g/mol. The molecule has 30 heavy (non-hydrogen) atoms. The molecule has 3 N–H and O–H groups in total. The van der Waals surface area contributed by atoms with E-state index in [4.69, 9.17) is 25.4 Å². The third-order valence-corrected chi connectivity index (χ3v) is 4.58. The molecule has 152 valence electrons. The standard InChI is InChI=1S/C23H21N3O4/c24-22(25)16-5-4-6-17(13-16)26-14-21(30-23(26)27)15-28-18-9-11-20(12-10-18)29-19-7-2-1-3-8-19/h1-13,21H,14-15H2,(H3,24,25). The Morgan fingerprint density at radius 3 is 2.43 bits per heavy atom. The summed E-state index contributed by atoms with van der Waals surface area (Å²) < 4.78 is 16.9. The van der Waals surface area contributed by atoms with Crippen molar-refractivity contribution in [1.82, 2.24) is 0 Å². The van der Waals surface area contributed by atoms with Crippen LogP contribution >= 0.6 is 0 Å². The Balaban J connectivity index is 1.33. The lowest BCUT2D eigenvalue weighted by atomic mass is 10.1. The first-order valence-corrected chi connectivity index (χ1v) is 9.47. The van der Waals surface area contributed by atoms with Gasteiger partial charge in [-0.25, -0.2) is 4.79 Å². The van der Waals surface area contributed by atoms with Crippen LogP contribution in [0.5, 0.6) is 17.2 Å². The highest BCUT2D eigenvalue weighted by Gasteiger charge is 2.33. The Bertz CT molecular complexity index is 1040. The number of hydrogen-bond acceptors (Lipinski definition) is 5. The largest absolute Gasteiger partial charge is 0.490 e. The number of rotatable bonds is 7. The normalized spacial score (nSPS) is 15.5. The molecule has 7 nitrogen and oxygen atoms in total. The minimum Gasteiger partial charge on any atom is -0.490 e. The zero-order chi connectivity index (χ0) is 20.9. The van der Waals surface area contributed by atoms with E-state index in [1.54, 1.807) is 24.3 Å². The number of benzene rings is 3. The minimum atomic E-state index is -0.448. The minimum absolute atomic E-state index is 0.0519. The van der Waals surface area contributed by atoms with Crippen molar-refractivity contribution in [3.05, 3.63) is 84.4 Å². The van der Waals surface area contributed by atoms with Crippen LogP contribution in [0.2, 0.25) is 0 Å². The van der Waals surface area contributed by atoms with Crippen molar-refractivity contribution >= 4 is 17.6 Å². The molecule has 0 radical (unpaired) electrons. The number of hydrogen-bond donors (Lipinski definition) is 2. The summed E-state index contributed by atoms with van der Waals surface area (Å²) in [7, 11) is 0. The average Bonchev–Trinajstić information content (AvgIpc) is 3.14. The molecule has 1 fully saturated rings. The van der Waals surface area contributed by atoms with Gasteiger partial charge in [-0.15, -0.1) is 0 Å². The molecule has 1 aliphatic heterocycles. The molecule has 1 aliphatic rings. The number of carbonyl (C=O) groups excluding carboxylic acids is 1. The molecule has 0 aromatic heterocycles. The monoisotopic (exact) mass is 403 g/mol. The van der Waals surface area contributed by atoms with Gasteiger partial charge in [0.25, 0.3) is 0 Å². The van der Waals surface area contributed by atoms with Gasteiger partial charge in [0.2, 0.25) is 0 Å². The predicted octanol–water partition coefficient (Wildman–Crippen LogP) is 4.17. The van der Waals surface area contributed by atoms with Gasteiger partial charge in [0.15, 0.2) is 6.10 Å². The van der Waals surface area contributed by atoms with Gasteiger partial charge >= 0.3 is 6.09 Å². The van der Waals surface area contributed by atoms with Crippen LogP contribution in [0.15, 0.2) is 78.9 Å². The van der Waals surface area contributed by atoms with Crippen LogP contribution in [-0.4, -0.2) is 31.2 Å². The molecule has 1 amide bonds. The van der Waals surface area contributed by atoms with Gasteiger partial charge in [-0.3, -0.25) is 10.3 Å². The van der Waals surface area contributed by atoms with Gasteiger partial charge in [0.05, 0.1) is 6.54 Å². The Morgan fingerprint density at radius 2 is 1.70 bits per heavy atom. The highest BCUT2D eigenvalue weighted by atomic mass is 16.6. The van der Waals surface area contributed by atoms with Crippen LogP contribution in [0.25, 0.3) is 0 Å². The summed E-state index contributed by atoms with van der Waals surface area (Å²) in [5.74, 6) is 2.07. The number of nitrogen functional groups attached to an aromatic ring is 1. The fraction of sp³-hybridized carbons (Fsp3) is 0.130. The first-order chi connectivity index (χ1) is 14.6. The highest BCUT2D eigenvalue weighted by molar-refractivity contribution is 5.97. The quantitative estimate of drug-likeness (QED) is 0.456. The van der Waals surface area contributed by atoms with Gasteiger partial charge < -0.3 is 19.9 Å². The average molecular weight is 403 g/mol. The van der Waals surface area contributed by atoms with Crippen molar-refractivity contribution < 1.29 is 19.0 Å². The molecule has 3 aromatic rings. The maximum absolute atomic E-state index is 12.2. The number of amides is 1. The summed E-state index contributed by atoms with van der Waals surface area (Å²) in [4.78, 5) is 13.8. The smallest absolute Gasteiger partial charge is 0.414 e. The van der Waals surface area contributed by atoms with Gasteiger partial charge in [0.1, 0.15) is 29.7 Å². The van der Waals surface area contributed by atoms with Crippen LogP contribution in [0.4, 0.5) is 10.5 Å². The molecule has 1 saturated heterocycles. The van der Waals surface area contributed by atoms with Crippen LogP contribution in [0, 0.1) is 5.41 Å². The molecular formula is C23H21N3O4. The maximum Gasteiger partial charge on any atom is 0.414 e. The lowest BCUT2D eigenvalue weighted by molar-refractivity contribution is 0.105. The Labute approximate surface area is 174 Å². The number of carbonyl (C=O) groups is 1. The topological polar surface area (TPSA) is 97.9 Å². The van der Waals surface area contributed by atoms with Gasteiger partial charge in [-0.2, -0.15) is 0 Å². The van der Waals surface area contributed by atoms with E-state index in [0.29, 0.717) is 29.3 Å². The lowest BCUT2D eigenvalue weighted by Gasteiger charge is -2.14. The van der Waals surface area contributed by atoms with Crippen molar-refractivity contribution in [3.8, 4) is 17.2 Å². The molecule has 4 rings (SSSR count). The summed E-state index contributed by atoms with van der Waals surface area (Å²) in [6, 6.07) is 23.7. The first-order valence-electron chi connectivity index (χ1n) is 9.47. The summed E-state index contributed by atoms with van der Waals surface area (Å²) >= 11 is 0. The first kappa shape index (κ1) is 19.3. The van der Waals surface area contributed by atoms with Gasteiger partial charge in [0, 0.05) is 11.3 Å². The summed E-state index contributed by atoms with van der Waals surface area (Å²) in [5, 5.41) is 7.55. The number of amidine groups is 1. The second kappa shape index (κ2) is 8.57. The van der Waals surface area contributed by atoms with E-state index in [1.165, 1.54) is 4.90 Å². The Morgan fingerprint density at radius 1 is 1.00 bits per heavy atom. The molecule has 1 atom stereocenters. The van der Waals surface area contributed by atoms with Crippen LogP contribution < -0.4 is 20.1 Å². The van der Waals surface area contributed by atoms with Crippen molar-refractivity contribution in [2.75, 3.05) is 18.1 Å². The van der Waals surface area contributed by atoms with E-state index >= 15 is 0 Å². The zero-order valence-corrected chi connectivity index (χ0v) is 16.2. The number of cyclic esters (lactones) is 1. The molecule has 1 unspecified atom stereocenters.